The Morgan fingerprint density at radius 1 is 0.981 bits per heavy atom. The number of anilines is 2. The van der Waals surface area contributed by atoms with E-state index in [4.69, 9.17) is 21.1 Å². The Morgan fingerprint density at radius 3 is 2.51 bits per heavy atom. The molecule has 0 radical (unpaired) electrons. The molecule has 5 N–H and O–H groups in total. The summed E-state index contributed by atoms with van der Waals surface area (Å²) in [5.41, 5.74) is 4.03. The van der Waals surface area contributed by atoms with E-state index >= 15 is 0 Å². The third-order valence-electron chi connectivity index (χ3n) is 9.12. The van der Waals surface area contributed by atoms with Crippen molar-refractivity contribution in [3.05, 3.63) is 117 Å². The van der Waals surface area contributed by atoms with Gasteiger partial charge in [0.1, 0.15) is 18.1 Å². The van der Waals surface area contributed by atoms with Gasteiger partial charge in [-0.15, -0.1) is 0 Å². The Kier molecular flexibility index (Phi) is 12.3. The highest BCUT2D eigenvalue weighted by Gasteiger charge is 2.28. The summed E-state index contributed by atoms with van der Waals surface area (Å²) >= 11 is 6.58. The number of aliphatic hydroxyl groups excluding tert-OH is 1. The molecule has 0 bridgehead atoms. The van der Waals surface area contributed by atoms with Crippen LogP contribution in [-0.4, -0.2) is 65.6 Å². The zero-order valence-electron chi connectivity index (χ0n) is 29.3. The maximum Gasteiger partial charge on any atom is 0.429 e. The van der Waals surface area contributed by atoms with E-state index in [0.717, 1.165) is 30.4 Å². The molecular formula is C40H42ClN5O7. The average Bonchev–Trinajstić information content (AvgIpc) is 3.17. The average molecular weight is 740 g/mol. The Morgan fingerprint density at radius 2 is 1.74 bits per heavy atom. The van der Waals surface area contributed by atoms with Gasteiger partial charge in [-0.3, -0.25) is 9.59 Å². The summed E-state index contributed by atoms with van der Waals surface area (Å²) in [4.78, 5) is 41.0. The van der Waals surface area contributed by atoms with Gasteiger partial charge >= 0.3 is 6.09 Å². The number of carbonyl (C=O) groups excluding carboxylic acids is 2. The molecule has 53 heavy (non-hydrogen) atoms. The highest BCUT2D eigenvalue weighted by Crippen LogP contribution is 2.34. The first-order chi connectivity index (χ1) is 25.7. The molecule has 1 atom stereocenters. The van der Waals surface area contributed by atoms with Crippen LogP contribution in [0.25, 0.3) is 22.0 Å². The number of ether oxygens (including phenoxy) is 2. The topological polar surface area (TPSA) is 156 Å². The Balaban J connectivity index is 1.06. The number of aromatic amines is 1. The molecule has 6 rings (SSSR count). The number of H-pyrrole nitrogens is 1. The maximum absolute atomic E-state index is 13.7. The van der Waals surface area contributed by atoms with E-state index in [9.17, 15) is 24.6 Å². The molecule has 5 aromatic rings. The number of aromatic nitrogens is 1. The van der Waals surface area contributed by atoms with Crippen molar-refractivity contribution in [2.24, 2.45) is 0 Å². The molecule has 1 aliphatic heterocycles. The monoisotopic (exact) mass is 739 g/mol. The number of piperidine rings is 1. The smallest absolute Gasteiger partial charge is 0.429 e. The van der Waals surface area contributed by atoms with Gasteiger partial charge in [-0.1, -0.05) is 72.6 Å². The van der Waals surface area contributed by atoms with Gasteiger partial charge in [0.15, 0.2) is 0 Å². The number of para-hydroxylation sites is 1. The van der Waals surface area contributed by atoms with Gasteiger partial charge in [0, 0.05) is 54.8 Å². The minimum atomic E-state index is -0.955. The lowest BCUT2D eigenvalue weighted by atomic mass is 10.0. The van der Waals surface area contributed by atoms with Crippen LogP contribution in [-0.2, 0) is 16.1 Å². The number of phenolic OH excluding ortho intramolecular Hbond substituents is 1. The quantitative estimate of drug-likeness (QED) is 0.0881. The maximum atomic E-state index is 13.7. The van der Waals surface area contributed by atoms with Gasteiger partial charge in [-0.25, -0.2) is 14.8 Å². The van der Waals surface area contributed by atoms with Gasteiger partial charge in [0.05, 0.1) is 41.5 Å². The molecule has 13 heteroatoms. The number of nitrogens with one attached hydrogen (secondary N) is 3. The number of hydrogen-bond donors (Lipinski definition) is 5. The fourth-order valence-corrected chi connectivity index (χ4v) is 6.72. The molecular weight excluding hydrogens is 698 g/mol. The standard InChI is InChI=1S/C40H42ClN5O7/c1-52-36-23-32(31(41)22-27(36)24-42-25-35(48)29-14-16-34(47)39-30(29)15-17-37(49)44-39)43-38(50)18-21-53-40(51)46(45-19-8-3-9-20-45)33-13-7-6-12-28(33)26-10-4-2-5-11-26/h2,4-7,10-17,22-23,35,42,47-48H,3,8-9,18-21,24-25H2,1H3,(H,43,50)(H,44,49)/t35-/m1/s1. The van der Waals surface area contributed by atoms with E-state index in [1.165, 1.54) is 19.2 Å². The van der Waals surface area contributed by atoms with Crippen LogP contribution in [0.1, 0.15) is 42.9 Å². The van der Waals surface area contributed by atoms with E-state index < -0.39 is 18.1 Å². The number of aliphatic hydroxyl groups is 1. The SMILES string of the molecule is COc1cc(NC(=O)CCOC(=O)N(c2ccccc2-c2ccccc2)N2CCCCC2)c(Cl)cc1CNC[C@@H](O)c1ccc(O)c2[nH]c(=O)ccc12. The van der Waals surface area contributed by atoms with Gasteiger partial charge in [-0.2, -0.15) is 0 Å². The minimum absolute atomic E-state index is 0.0885. The lowest BCUT2D eigenvalue weighted by molar-refractivity contribution is -0.116. The summed E-state index contributed by atoms with van der Waals surface area (Å²) in [6, 6.07) is 26.8. The number of halogens is 1. The predicted molar refractivity (Wildman–Crippen MR) is 205 cm³/mol. The van der Waals surface area contributed by atoms with Gasteiger partial charge in [0.2, 0.25) is 11.5 Å². The lowest BCUT2D eigenvalue weighted by Gasteiger charge is -2.37. The number of phenols is 1. The summed E-state index contributed by atoms with van der Waals surface area (Å²) < 4.78 is 11.3. The molecule has 276 valence electrons. The van der Waals surface area contributed by atoms with Crippen molar-refractivity contribution >= 4 is 45.9 Å². The third kappa shape index (κ3) is 8.98. The van der Waals surface area contributed by atoms with Crippen LogP contribution in [0.15, 0.2) is 95.8 Å². The van der Waals surface area contributed by atoms with Crippen LogP contribution in [0, 0.1) is 0 Å². The molecule has 12 nitrogen and oxygen atoms in total. The van der Waals surface area contributed by atoms with Crippen LogP contribution >= 0.6 is 11.6 Å². The van der Waals surface area contributed by atoms with Crippen LogP contribution in [0.4, 0.5) is 16.2 Å². The summed E-state index contributed by atoms with van der Waals surface area (Å²) in [5, 5.41) is 31.5. The zero-order chi connectivity index (χ0) is 37.3. The number of fused-ring (bicyclic) bond motifs is 1. The second-order valence-corrected chi connectivity index (χ2v) is 13.1. The molecule has 0 unspecified atom stereocenters. The molecule has 2 amide bonds. The molecule has 0 aliphatic carbocycles. The summed E-state index contributed by atoms with van der Waals surface area (Å²) in [5.74, 6) is -0.0261. The molecule has 1 fully saturated rings. The highest BCUT2D eigenvalue weighted by atomic mass is 35.5. The van der Waals surface area contributed by atoms with Crippen molar-refractivity contribution in [3.63, 3.8) is 0 Å². The fourth-order valence-electron chi connectivity index (χ4n) is 6.49. The lowest BCUT2D eigenvalue weighted by Crippen LogP contribution is -2.49. The van der Waals surface area contributed by atoms with Crippen LogP contribution in [0.3, 0.4) is 0 Å². The number of aromatic hydroxyl groups is 1. The van der Waals surface area contributed by atoms with Gasteiger partial charge in [0.25, 0.3) is 0 Å². The van der Waals surface area contributed by atoms with Crippen molar-refractivity contribution in [3.8, 4) is 22.6 Å². The second-order valence-electron chi connectivity index (χ2n) is 12.7. The minimum Gasteiger partial charge on any atom is -0.506 e. The van der Waals surface area contributed by atoms with Crippen molar-refractivity contribution in [2.75, 3.05) is 43.7 Å². The first-order valence-electron chi connectivity index (χ1n) is 17.5. The van der Waals surface area contributed by atoms with E-state index in [1.54, 1.807) is 29.3 Å². The van der Waals surface area contributed by atoms with E-state index in [0.29, 0.717) is 46.7 Å². The van der Waals surface area contributed by atoms with E-state index in [-0.39, 0.29) is 48.0 Å². The normalized spacial score (nSPS) is 13.7. The van der Waals surface area contributed by atoms with Crippen LogP contribution < -0.4 is 25.9 Å². The first kappa shape index (κ1) is 37.4. The third-order valence-corrected chi connectivity index (χ3v) is 9.44. The molecule has 1 aromatic heterocycles. The second kappa shape index (κ2) is 17.4. The molecule has 0 saturated carbocycles. The van der Waals surface area contributed by atoms with Crippen molar-refractivity contribution < 1.29 is 29.3 Å². The summed E-state index contributed by atoms with van der Waals surface area (Å²) in [6.07, 6.45) is 1.41. The predicted octanol–water partition coefficient (Wildman–Crippen LogP) is 6.76. The molecule has 0 spiro atoms. The number of amides is 2. The Bertz CT molecular complexity index is 2120. The van der Waals surface area contributed by atoms with Gasteiger partial charge < -0.3 is 35.3 Å². The summed E-state index contributed by atoms with van der Waals surface area (Å²) in [7, 11) is 1.50. The fraction of sp³-hybridized carbons (Fsp3) is 0.275. The summed E-state index contributed by atoms with van der Waals surface area (Å²) in [6.45, 7) is 1.70. The number of benzene rings is 4. The number of rotatable bonds is 13. The number of hydrogen-bond acceptors (Lipinski definition) is 9. The van der Waals surface area contributed by atoms with E-state index in [1.807, 2.05) is 59.6 Å². The zero-order valence-corrected chi connectivity index (χ0v) is 30.1. The molecule has 1 saturated heterocycles. The largest absolute Gasteiger partial charge is 0.506 e. The molecule has 2 heterocycles. The number of carbonyl (C=O) groups is 2. The number of nitrogens with zero attached hydrogens (tertiary/aromatic N) is 2. The van der Waals surface area contributed by atoms with Crippen molar-refractivity contribution in [1.82, 2.24) is 15.3 Å². The Hall–Kier alpha value is -5.40. The molecule has 4 aromatic carbocycles. The van der Waals surface area contributed by atoms with Crippen molar-refractivity contribution in [1.29, 1.82) is 0 Å². The van der Waals surface area contributed by atoms with Crippen LogP contribution in [0.2, 0.25) is 5.02 Å². The number of pyridine rings is 1. The number of methoxy groups -OCH3 is 1. The van der Waals surface area contributed by atoms with Crippen molar-refractivity contribution in [2.45, 2.75) is 38.3 Å². The van der Waals surface area contributed by atoms with Crippen LogP contribution in [0.5, 0.6) is 11.5 Å². The highest BCUT2D eigenvalue weighted by molar-refractivity contribution is 6.33. The number of hydrazine groups is 1. The molecule has 1 aliphatic rings. The Labute approximate surface area is 311 Å². The van der Waals surface area contributed by atoms with Gasteiger partial charge in [-0.05, 0) is 48.2 Å². The van der Waals surface area contributed by atoms with E-state index in [2.05, 4.69) is 15.6 Å². The first-order valence-corrected chi connectivity index (χ1v) is 17.9.